The molecule has 1 aromatic carbocycles. The molecular weight excluding hydrogens is 614 g/mol. The van der Waals surface area contributed by atoms with Crippen LogP contribution in [0.4, 0.5) is 22.4 Å². The standard InChI is InChI=1S/C37H47N11O/c1-4-9-28(12-8-16-39-36-41-21-31(18-38)35(44-36)47-17-15-30-24-45(2)26-33(30)47)23-48(37(49)42-19-27-10-6-5-7-11-27)34-14-13-29(20-40-34)32-22-43-46(3)25-32/h5-7,10-11,13-14,20-22,25,28,30,33H,4,8-9,12,15-17,19,23-24,26H2,1-3H3,(H,42,49)(H,39,41,44)/t28-,30?,33?/m0/s1. The number of aromatic nitrogens is 5. The summed E-state index contributed by atoms with van der Waals surface area (Å²) in [6.07, 6.45) is 12.1. The minimum atomic E-state index is -0.166. The van der Waals surface area contributed by atoms with Crippen LogP contribution in [-0.4, -0.2) is 81.5 Å². The van der Waals surface area contributed by atoms with Crippen molar-refractivity contribution in [2.45, 2.75) is 51.6 Å². The quantitative estimate of drug-likeness (QED) is 0.173. The Bertz CT molecular complexity index is 1720. The first-order valence-electron chi connectivity index (χ1n) is 17.4. The molecule has 2 aliphatic rings. The summed E-state index contributed by atoms with van der Waals surface area (Å²) in [6.45, 7) is 6.88. The molecule has 6 rings (SSSR count). The third-order valence-corrected chi connectivity index (χ3v) is 9.70. The van der Waals surface area contributed by atoms with Gasteiger partial charge in [-0.25, -0.2) is 14.8 Å². The van der Waals surface area contributed by atoms with Gasteiger partial charge >= 0.3 is 6.03 Å². The lowest BCUT2D eigenvalue weighted by Gasteiger charge is -2.27. The molecule has 0 spiro atoms. The smallest absolute Gasteiger partial charge is 0.323 e. The van der Waals surface area contributed by atoms with Crippen molar-refractivity contribution in [2.75, 3.05) is 54.9 Å². The summed E-state index contributed by atoms with van der Waals surface area (Å²) >= 11 is 0. The number of benzene rings is 1. The van der Waals surface area contributed by atoms with Crippen LogP contribution in [0.3, 0.4) is 0 Å². The molecule has 4 aromatic rings. The van der Waals surface area contributed by atoms with Gasteiger partial charge in [-0.3, -0.25) is 9.58 Å². The molecule has 2 fully saturated rings. The predicted molar refractivity (Wildman–Crippen MR) is 192 cm³/mol. The second-order valence-electron chi connectivity index (χ2n) is 13.4. The van der Waals surface area contributed by atoms with Gasteiger partial charge in [0.05, 0.1) is 12.4 Å². The molecule has 3 aromatic heterocycles. The predicted octanol–water partition coefficient (Wildman–Crippen LogP) is 5.31. The van der Waals surface area contributed by atoms with Crippen LogP contribution < -0.4 is 20.4 Å². The zero-order chi connectivity index (χ0) is 34.2. The van der Waals surface area contributed by atoms with Crippen molar-refractivity contribution >= 4 is 23.6 Å². The number of pyridine rings is 1. The molecule has 5 heterocycles. The number of aryl methyl sites for hydroxylation is 1. The SMILES string of the molecule is CCC[C@@H](CCCNc1ncc(C#N)c(N2CCC3CN(C)CC32)n1)CN(C(=O)NCc1ccccc1)c1ccc(-c2cnn(C)c2)cn1. The van der Waals surface area contributed by atoms with Crippen LogP contribution >= 0.6 is 0 Å². The van der Waals surface area contributed by atoms with E-state index in [4.69, 9.17) is 9.97 Å². The van der Waals surface area contributed by atoms with E-state index in [0.29, 0.717) is 48.9 Å². The maximum absolute atomic E-state index is 13.7. The Labute approximate surface area is 289 Å². The first-order valence-corrected chi connectivity index (χ1v) is 17.4. The molecule has 0 aliphatic carbocycles. The van der Waals surface area contributed by atoms with Crippen molar-refractivity contribution in [1.82, 2.24) is 34.9 Å². The fraction of sp³-hybridized carbons (Fsp3) is 0.459. The van der Waals surface area contributed by atoms with Gasteiger partial charge in [-0.15, -0.1) is 0 Å². The minimum absolute atomic E-state index is 0.166. The molecular formula is C37H47N11O. The Balaban J connectivity index is 1.10. The Morgan fingerprint density at radius 3 is 2.65 bits per heavy atom. The molecule has 49 heavy (non-hydrogen) atoms. The summed E-state index contributed by atoms with van der Waals surface area (Å²) in [5, 5.41) is 20.6. The second kappa shape index (κ2) is 15.9. The molecule has 2 saturated heterocycles. The highest BCUT2D eigenvalue weighted by Gasteiger charge is 2.41. The number of nitrogens with zero attached hydrogens (tertiary/aromatic N) is 9. The van der Waals surface area contributed by atoms with Gasteiger partial charge in [0.25, 0.3) is 0 Å². The van der Waals surface area contributed by atoms with Crippen molar-refractivity contribution in [3.8, 4) is 17.2 Å². The van der Waals surface area contributed by atoms with Crippen LogP contribution in [0.25, 0.3) is 11.1 Å². The van der Waals surface area contributed by atoms with E-state index >= 15 is 0 Å². The number of anilines is 3. The number of amides is 2. The van der Waals surface area contributed by atoms with Gasteiger partial charge in [-0.1, -0.05) is 43.7 Å². The zero-order valence-electron chi connectivity index (χ0n) is 28.8. The fourth-order valence-corrected chi connectivity index (χ4v) is 7.21. The molecule has 3 atom stereocenters. The van der Waals surface area contributed by atoms with E-state index in [1.165, 1.54) is 0 Å². The van der Waals surface area contributed by atoms with Crippen molar-refractivity contribution in [1.29, 1.82) is 5.26 Å². The largest absolute Gasteiger partial charge is 0.354 e. The highest BCUT2D eigenvalue weighted by atomic mass is 16.2. The number of likely N-dealkylation sites (tertiary alicyclic amines) is 1. The monoisotopic (exact) mass is 661 g/mol. The third-order valence-electron chi connectivity index (χ3n) is 9.70. The van der Waals surface area contributed by atoms with Crippen molar-refractivity contribution in [3.05, 3.63) is 78.4 Å². The maximum Gasteiger partial charge on any atom is 0.323 e. The first-order chi connectivity index (χ1) is 23.9. The normalized spacial score (nSPS) is 17.8. The molecule has 12 heteroatoms. The topological polar surface area (TPSA) is 131 Å². The number of fused-ring (bicyclic) bond motifs is 1. The third kappa shape index (κ3) is 8.35. The van der Waals surface area contributed by atoms with Crippen LogP contribution in [0.1, 0.15) is 50.2 Å². The van der Waals surface area contributed by atoms with Gasteiger partial charge in [-0.2, -0.15) is 15.3 Å². The number of urea groups is 1. The summed E-state index contributed by atoms with van der Waals surface area (Å²) in [4.78, 5) is 34.2. The molecule has 2 amide bonds. The minimum Gasteiger partial charge on any atom is -0.354 e. The molecule has 0 saturated carbocycles. The van der Waals surface area contributed by atoms with Gasteiger partial charge in [0.2, 0.25) is 5.95 Å². The molecule has 2 aliphatic heterocycles. The molecule has 0 bridgehead atoms. The summed E-state index contributed by atoms with van der Waals surface area (Å²) in [5.41, 5.74) is 3.50. The molecule has 2 unspecified atom stereocenters. The average Bonchev–Trinajstić information content (AvgIpc) is 3.84. The lowest BCUT2D eigenvalue weighted by molar-refractivity contribution is 0.243. The van der Waals surface area contributed by atoms with Crippen molar-refractivity contribution < 1.29 is 4.79 Å². The van der Waals surface area contributed by atoms with Gasteiger partial charge in [0.1, 0.15) is 17.5 Å². The van der Waals surface area contributed by atoms with Crippen LogP contribution in [0.15, 0.2) is 67.3 Å². The van der Waals surface area contributed by atoms with Gasteiger partial charge in [-0.05, 0) is 62.3 Å². The molecule has 2 N–H and O–H groups in total. The number of likely N-dealkylation sites (N-methyl/N-ethyl adjacent to an activating group) is 1. The highest BCUT2D eigenvalue weighted by Crippen LogP contribution is 2.35. The molecule has 0 radical (unpaired) electrons. The Morgan fingerprint density at radius 2 is 1.92 bits per heavy atom. The summed E-state index contributed by atoms with van der Waals surface area (Å²) < 4.78 is 1.76. The number of nitrogens with one attached hydrogen (secondary N) is 2. The number of carbonyl (C=O) groups is 1. The van der Waals surface area contributed by atoms with Gasteiger partial charge in [0, 0.05) is 75.9 Å². The zero-order valence-corrected chi connectivity index (χ0v) is 28.8. The van der Waals surface area contributed by atoms with Crippen molar-refractivity contribution in [3.63, 3.8) is 0 Å². The van der Waals surface area contributed by atoms with Crippen LogP contribution in [0, 0.1) is 23.2 Å². The van der Waals surface area contributed by atoms with E-state index in [1.807, 2.05) is 68.1 Å². The Hall–Kier alpha value is -5.02. The van der Waals surface area contributed by atoms with Crippen LogP contribution in [-0.2, 0) is 13.6 Å². The summed E-state index contributed by atoms with van der Waals surface area (Å²) in [6, 6.07) is 16.4. The van der Waals surface area contributed by atoms with E-state index in [1.54, 1.807) is 15.8 Å². The van der Waals surface area contributed by atoms with Crippen LogP contribution in [0.5, 0.6) is 0 Å². The van der Waals surface area contributed by atoms with Gasteiger partial charge in [0.15, 0.2) is 5.82 Å². The van der Waals surface area contributed by atoms with Crippen molar-refractivity contribution in [2.24, 2.45) is 18.9 Å². The second-order valence-corrected chi connectivity index (χ2v) is 13.4. The van der Waals surface area contributed by atoms with E-state index in [2.05, 4.69) is 50.6 Å². The van der Waals surface area contributed by atoms with Crippen LogP contribution in [0.2, 0.25) is 0 Å². The first kappa shape index (κ1) is 33.9. The van der Waals surface area contributed by atoms with E-state index in [9.17, 15) is 10.1 Å². The molecule has 256 valence electrons. The van der Waals surface area contributed by atoms with E-state index < -0.39 is 0 Å². The lowest BCUT2D eigenvalue weighted by Crippen LogP contribution is -2.43. The lowest BCUT2D eigenvalue weighted by atomic mass is 9.97. The molecule has 12 nitrogen and oxygen atoms in total. The fourth-order valence-electron chi connectivity index (χ4n) is 7.21. The number of nitriles is 1. The number of hydrogen-bond donors (Lipinski definition) is 2. The average molecular weight is 662 g/mol. The Morgan fingerprint density at radius 1 is 1.06 bits per heavy atom. The van der Waals surface area contributed by atoms with E-state index in [0.717, 1.165) is 74.2 Å². The van der Waals surface area contributed by atoms with E-state index in [-0.39, 0.29) is 11.9 Å². The number of rotatable bonds is 14. The number of carbonyl (C=O) groups excluding carboxylic acids is 1. The summed E-state index contributed by atoms with van der Waals surface area (Å²) in [5.74, 6) is 2.80. The maximum atomic E-state index is 13.7. The highest BCUT2D eigenvalue weighted by molar-refractivity contribution is 5.91. The van der Waals surface area contributed by atoms with Gasteiger partial charge < -0.3 is 20.4 Å². The summed E-state index contributed by atoms with van der Waals surface area (Å²) in [7, 11) is 4.05. The Kier molecular flexibility index (Phi) is 11.0. The number of hydrogen-bond acceptors (Lipinski definition) is 9.